The van der Waals surface area contributed by atoms with Gasteiger partial charge in [0.1, 0.15) is 5.76 Å². The molecule has 1 N–H and O–H groups in total. The van der Waals surface area contributed by atoms with E-state index in [0.29, 0.717) is 17.8 Å². The summed E-state index contributed by atoms with van der Waals surface area (Å²) in [5, 5.41) is 13.8. The lowest BCUT2D eigenvalue weighted by molar-refractivity contribution is -0.149. The van der Waals surface area contributed by atoms with Crippen molar-refractivity contribution < 1.29 is 19.4 Å². The number of methoxy groups -OCH3 is 1. The number of aryl methyl sites for hydroxylation is 2. The molecule has 0 spiro atoms. The van der Waals surface area contributed by atoms with Gasteiger partial charge in [-0.25, -0.2) is 4.79 Å². The highest BCUT2D eigenvalue weighted by atomic mass is 16.5. The number of carbonyl (C=O) groups is 2. The molecule has 6 heteroatoms. The van der Waals surface area contributed by atoms with E-state index < -0.39 is 11.8 Å². The third-order valence-corrected chi connectivity index (χ3v) is 2.20. The predicted octanol–water partition coefficient (Wildman–Crippen LogP) is 0.852. The number of ketones is 1. The Hall–Kier alpha value is -2.11. The van der Waals surface area contributed by atoms with Crippen LogP contribution in [0.4, 0.5) is 0 Å². The van der Waals surface area contributed by atoms with Gasteiger partial charge in [0.25, 0.3) is 5.78 Å². The van der Waals surface area contributed by atoms with Crippen LogP contribution in [-0.4, -0.2) is 33.7 Å². The van der Waals surface area contributed by atoms with E-state index >= 15 is 0 Å². The van der Waals surface area contributed by atoms with Crippen molar-refractivity contribution in [1.29, 1.82) is 0 Å². The zero-order valence-electron chi connectivity index (χ0n) is 9.93. The summed E-state index contributed by atoms with van der Waals surface area (Å²) >= 11 is 0. The van der Waals surface area contributed by atoms with Crippen LogP contribution in [0, 0.1) is 6.92 Å². The van der Waals surface area contributed by atoms with Gasteiger partial charge < -0.3 is 9.84 Å². The maximum Gasteiger partial charge on any atom is 0.378 e. The van der Waals surface area contributed by atoms with E-state index in [-0.39, 0.29) is 5.76 Å². The van der Waals surface area contributed by atoms with Crippen molar-refractivity contribution in [3.8, 4) is 0 Å². The molecule has 1 aromatic rings. The molecule has 0 saturated heterocycles. The lowest BCUT2D eigenvalue weighted by Crippen LogP contribution is -2.13. The largest absolute Gasteiger partial charge is 0.507 e. The van der Waals surface area contributed by atoms with Gasteiger partial charge in [-0.05, 0) is 13.8 Å². The normalized spacial score (nSPS) is 11.4. The highest BCUT2D eigenvalue weighted by Crippen LogP contribution is 2.15. The molecule has 0 aliphatic carbocycles. The summed E-state index contributed by atoms with van der Waals surface area (Å²) < 4.78 is 5.86. The topological polar surface area (TPSA) is 81.4 Å². The van der Waals surface area contributed by atoms with Gasteiger partial charge in [0.05, 0.1) is 18.4 Å². The zero-order chi connectivity index (χ0) is 13.0. The second kappa shape index (κ2) is 5.29. The van der Waals surface area contributed by atoms with E-state index in [9.17, 15) is 14.7 Å². The van der Waals surface area contributed by atoms with E-state index in [1.165, 1.54) is 0 Å². The van der Waals surface area contributed by atoms with Gasteiger partial charge >= 0.3 is 5.97 Å². The van der Waals surface area contributed by atoms with Crippen LogP contribution in [0.3, 0.4) is 0 Å². The van der Waals surface area contributed by atoms with Crippen LogP contribution in [-0.2, 0) is 20.9 Å². The van der Waals surface area contributed by atoms with Gasteiger partial charge in [0.2, 0.25) is 0 Å². The average Bonchev–Trinajstić information content (AvgIpc) is 2.69. The van der Waals surface area contributed by atoms with Crippen molar-refractivity contribution in [2.45, 2.75) is 20.4 Å². The van der Waals surface area contributed by atoms with Gasteiger partial charge in [-0.2, -0.15) is 5.10 Å². The highest BCUT2D eigenvalue weighted by Gasteiger charge is 2.15. The van der Waals surface area contributed by atoms with Gasteiger partial charge in [-0.3, -0.25) is 9.48 Å². The number of ether oxygens (including phenoxy) is 1. The Morgan fingerprint density at radius 1 is 1.59 bits per heavy atom. The van der Waals surface area contributed by atoms with Gasteiger partial charge in [0.15, 0.2) is 0 Å². The fourth-order valence-corrected chi connectivity index (χ4v) is 1.29. The molecule has 0 amide bonds. The number of esters is 1. The van der Waals surface area contributed by atoms with Gasteiger partial charge in [-0.1, -0.05) is 0 Å². The molecular weight excluding hydrogens is 224 g/mol. The molecule has 1 heterocycles. The Morgan fingerprint density at radius 2 is 2.24 bits per heavy atom. The van der Waals surface area contributed by atoms with Crippen LogP contribution < -0.4 is 0 Å². The summed E-state index contributed by atoms with van der Waals surface area (Å²) in [6.45, 7) is 4.25. The number of aliphatic hydroxyl groups is 1. The molecule has 0 bridgehead atoms. The van der Waals surface area contributed by atoms with Crippen molar-refractivity contribution in [3.63, 3.8) is 0 Å². The Labute approximate surface area is 98.5 Å². The van der Waals surface area contributed by atoms with Crippen LogP contribution in [0.25, 0.3) is 5.76 Å². The van der Waals surface area contributed by atoms with Crippen LogP contribution >= 0.6 is 0 Å². The second-order valence-corrected chi connectivity index (χ2v) is 3.37. The Kier molecular flexibility index (Phi) is 4.03. The van der Waals surface area contributed by atoms with Crippen LogP contribution in [0.15, 0.2) is 12.3 Å². The molecule has 0 aliphatic rings. The van der Waals surface area contributed by atoms with E-state index in [1.54, 1.807) is 17.8 Å². The molecule has 1 aromatic heterocycles. The first-order chi connectivity index (χ1) is 7.99. The highest BCUT2D eigenvalue weighted by molar-refractivity contribution is 6.39. The van der Waals surface area contributed by atoms with E-state index in [0.717, 1.165) is 13.2 Å². The molecule has 0 unspecified atom stereocenters. The first-order valence-corrected chi connectivity index (χ1v) is 5.07. The number of rotatable bonds is 4. The summed E-state index contributed by atoms with van der Waals surface area (Å²) in [6.07, 6.45) is 2.43. The number of carbonyl (C=O) groups excluding carboxylic acids is 2. The maximum atomic E-state index is 11.2. The van der Waals surface area contributed by atoms with Crippen molar-refractivity contribution in [2.75, 3.05) is 7.11 Å². The quantitative estimate of drug-likeness (QED) is 0.364. The van der Waals surface area contributed by atoms with Crippen LogP contribution in [0.5, 0.6) is 0 Å². The summed E-state index contributed by atoms with van der Waals surface area (Å²) in [4.78, 5) is 22.1. The second-order valence-electron chi connectivity index (χ2n) is 3.37. The van der Waals surface area contributed by atoms with E-state index in [1.807, 2.05) is 6.92 Å². The SMILES string of the molecule is CCn1cc(/C(O)=C/C(=O)C(=O)OC)c(C)n1. The van der Waals surface area contributed by atoms with Gasteiger partial charge in [-0.15, -0.1) is 0 Å². The Bertz CT molecular complexity index is 474. The Morgan fingerprint density at radius 3 is 2.71 bits per heavy atom. The number of aromatic nitrogens is 2. The number of aliphatic hydroxyl groups excluding tert-OH is 1. The molecule has 17 heavy (non-hydrogen) atoms. The summed E-state index contributed by atoms with van der Waals surface area (Å²) in [7, 11) is 1.10. The fraction of sp³-hybridized carbons (Fsp3) is 0.364. The van der Waals surface area contributed by atoms with E-state index in [2.05, 4.69) is 9.84 Å². The number of hydrogen-bond acceptors (Lipinski definition) is 5. The van der Waals surface area contributed by atoms with Crippen LogP contribution in [0.1, 0.15) is 18.2 Å². The summed E-state index contributed by atoms with van der Waals surface area (Å²) in [5.74, 6) is -2.22. The van der Waals surface area contributed by atoms with Crippen molar-refractivity contribution in [1.82, 2.24) is 9.78 Å². The first kappa shape index (κ1) is 13.0. The Balaban J connectivity index is 2.99. The molecule has 0 fully saturated rings. The molecule has 0 radical (unpaired) electrons. The monoisotopic (exact) mass is 238 g/mol. The summed E-state index contributed by atoms with van der Waals surface area (Å²) in [6, 6.07) is 0. The molecule has 6 nitrogen and oxygen atoms in total. The standard InChI is InChI=1S/C11H14N2O4/c1-4-13-6-8(7(2)12-13)9(14)5-10(15)11(16)17-3/h5-6,14H,4H2,1-3H3/b9-5-. The molecule has 0 aromatic carbocycles. The molecule has 0 aliphatic heterocycles. The minimum absolute atomic E-state index is 0.294. The predicted molar refractivity (Wildman–Crippen MR) is 60.3 cm³/mol. The van der Waals surface area contributed by atoms with E-state index in [4.69, 9.17) is 0 Å². The lowest BCUT2D eigenvalue weighted by atomic mass is 10.2. The molecule has 92 valence electrons. The number of nitrogens with zero attached hydrogens (tertiary/aromatic N) is 2. The maximum absolute atomic E-state index is 11.2. The third-order valence-electron chi connectivity index (χ3n) is 2.20. The van der Waals surface area contributed by atoms with Crippen molar-refractivity contribution in [3.05, 3.63) is 23.5 Å². The fourth-order valence-electron chi connectivity index (χ4n) is 1.29. The van der Waals surface area contributed by atoms with Crippen molar-refractivity contribution in [2.24, 2.45) is 0 Å². The summed E-state index contributed by atoms with van der Waals surface area (Å²) in [5.41, 5.74) is 1.00. The molecular formula is C11H14N2O4. The molecule has 1 rings (SSSR count). The smallest absolute Gasteiger partial charge is 0.378 e. The zero-order valence-corrected chi connectivity index (χ0v) is 9.93. The van der Waals surface area contributed by atoms with Gasteiger partial charge in [0, 0.05) is 18.8 Å². The minimum atomic E-state index is -1.02. The first-order valence-electron chi connectivity index (χ1n) is 5.07. The van der Waals surface area contributed by atoms with Crippen molar-refractivity contribution >= 4 is 17.5 Å². The van der Waals surface area contributed by atoms with Crippen LogP contribution in [0.2, 0.25) is 0 Å². The lowest BCUT2D eigenvalue weighted by Gasteiger charge is -1.97. The number of hydrogen-bond donors (Lipinski definition) is 1. The minimum Gasteiger partial charge on any atom is -0.507 e. The third kappa shape index (κ3) is 2.93. The molecule has 0 saturated carbocycles. The average molecular weight is 238 g/mol. The molecule has 0 atom stereocenters.